The first-order valence-corrected chi connectivity index (χ1v) is 7.38. The zero-order valence-corrected chi connectivity index (χ0v) is 13.1. The predicted molar refractivity (Wildman–Crippen MR) is 84.3 cm³/mol. The second-order valence-electron chi connectivity index (χ2n) is 4.70. The molecule has 1 aliphatic rings. The summed E-state index contributed by atoms with van der Waals surface area (Å²) >= 11 is 3.38. The fourth-order valence-corrected chi connectivity index (χ4v) is 2.57. The maximum atomic E-state index is 12.5. The fraction of sp³-hybridized carbons (Fsp3) is 0.188. The number of benzene rings is 2. The number of carbonyl (C=O) groups is 1. The second-order valence-corrected chi connectivity index (χ2v) is 5.62. The SMILES string of the molecule is CN(C(=O)c1cccc(Br)c1)c1ccc2c(c1)OCCO2. The van der Waals surface area contributed by atoms with E-state index in [0.29, 0.717) is 30.3 Å². The summed E-state index contributed by atoms with van der Waals surface area (Å²) in [5, 5.41) is 0. The van der Waals surface area contributed by atoms with Crippen LogP contribution in [0.5, 0.6) is 11.5 Å². The summed E-state index contributed by atoms with van der Waals surface area (Å²) in [6.45, 7) is 1.08. The highest BCUT2D eigenvalue weighted by Crippen LogP contribution is 2.34. The zero-order valence-electron chi connectivity index (χ0n) is 11.5. The molecule has 0 saturated carbocycles. The Kier molecular flexibility index (Phi) is 3.84. The van der Waals surface area contributed by atoms with E-state index >= 15 is 0 Å². The fourth-order valence-electron chi connectivity index (χ4n) is 2.17. The van der Waals surface area contributed by atoms with E-state index in [1.807, 2.05) is 30.3 Å². The first-order chi connectivity index (χ1) is 10.1. The molecule has 108 valence electrons. The second kappa shape index (κ2) is 5.77. The van der Waals surface area contributed by atoms with Crippen LogP contribution in [0.4, 0.5) is 5.69 Å². The number of ether oxygens (including phenoxy) is 2. The molecular weight excluding hydrogens is 334 g/mol. The number of amides is 1. The largest absolute Gasteiger partial charge is 0.486 e. The first-order valence-electron chi connectivity index (χ1n) is 6.58. The maximum Gasteiger partial charge on any atom is 0.258 e. The van der Waals surface area contributed by atoms with Crippen molar-refractivity contribution in [2.75, 3.05) is 25.2 Å². The average molecular weight is 348 g/mol. The van der Waals surface area contributed by atoms with Crippen LogP contribution in [0.3, 0.4) is 0 Å². The van der Waals surface area contributed by atoms with E-state index in [9.17, 15) is 4.79 Å². The van der Waals surface area contributed by atoms with Crippen molar-refractivity contribution in [2.24, 2.45) is 0 Å². The summed E-state index contributed by atoms with van der Waals surface area (Å²) in [6.07, 6.45) is 0. The number of nitrogens with zero attached hydrogens (tertiary/aromatic N) is 1. The van der Waals surface area contributed by atoms with Crippen LogP contribution in [-0.4, -0.2) is 26.2 Å². The van der Waals surface area contributed by atoms with Gasteiger partial charge >= 0.3 is 0 Å². The number of hydrogen-bond acceptors (Lipinski definition) is 3. The van der Waals surface area contributed by atoms with Crippen LogP contribution in [0, 0.1) is 0 Å². The smallest absolute Gasteiger partial charge is 0.258 e. The Morgan fingerprint density at radius 2 is 1.86 bits per heavy atom. The van der Waals surface area contributed by atoms with E-state index in [0.717, 1.165) is 10.2 Å². The molecule has 1 aliphatic heterocycles. The van der Waals surface area contributed by atoms with Crippen molar-refractivity contribution < 1.29 is 14.3 Å². The van der Waals surface area contributed by atoms with Crippen molar-refractivity contribution >= 4 is 27.5 Å². The number of fused-ring (bicyclic) bond motifs is 1. The number of hydrogen-bond donors (Lipinski definition) is 0. The van der Waals surface area contributed by atoms with Gasteiger partial charge in [0.05, 0.1) is 0 Å². The van der Waals surface area contributed by atoms with Gasteiger partial charge in [-0.25, -0.2) is 0 Å². The molecule has 1 amide bonds. The third kappa shape index (κ3) is 2.88. The highest BCUT2D eigenvalue weighted by molar-refractivity contribution is 9.10. The molecule has 21 heavy (non-hydrogen) atoms. The molecule has 0 aliphatic carbocycles. The molecule has 0 fully saturated rings. The summed E-state index contributed by atoms with van der Waals surface area (Å²) in [5.74, 6) is 1.31. The van der Waals surface area contributed by atoms with Crippen LogP contribution in [0.2, 0.25) is 0 Å². The van der Waals surface area contributed by atoms with Crippen LogP contribution in [0.1, 0.15) is 10.4 Å². The van der Waals surface area contributed by atoms with Crippen molar-refractivity contribution in [3.05, 3.63) is 52.5 Å². The minimum atomic E-state index is -0.0759. The third-order valence-electron chi connectivity index (χ3n) is 3.29. The van der Waals surface area contributed by atoms with Gasteiger partial charge in [0.15, 0.2) is 11.5 Å². The lowest BCUT2D eigenvalue weighted by molar-refractivity contribution is 0.0993. The Bertz CT molecular complexity index is 687. The van der Waals surface area contributed by atoms with E-state index in [-0.39, 0.29) is 5.91 Å². The van der Waals surface area contributed by atoms with Gasteiger partial charge in [0.2, 0.25) is 0 Å². The number of halogens is 1. The van der Waals surface area contributed by atoms with E-state index in [4.69, 9.17) is 9.47 Å². The molecule has 0 unspecified atom stereocenters. The topological polar surface area (TPSA) is 38.8 Å². The molecule has 0 saturated heterocycles. The van der Waals surface area contributed by atoms with E-state index in [1.54, 1.807) is 24.1 Å². The summed E-state index contributed by atoms with van der Waals surface area (Å²) in [6, 6.07) is 12.8. The minimum absolute atomic E-state index is 0.0759. The number of anilines is 1. The molecule has 1 heterocycles. The van der Waals surface area contributed by atoms with Gasteiger partial charge in [0.25, 0.3) is 5.91 Å². The van der Waals surface area contributed by atoms with Crippen molar-refractivity contribution in [3.8, 4) is 11.5 Å². The molecule has 0 atom stereocenters. The standard InChI is InChI=1S/C16H14BrNO3/c1-18(16(19)11-3-2-4-12(17)9-11)13-5-6-14-15(10-13)21-8-7-20-14/h2-6,9-10H,7-8H2,1H3. The van der Waals surface area contributed by atoms with E-state index in [1.165, 1.54) is 0 Å². The first kappa shape index (κ1) is 13.9. The lowest BCUT2D eigenvalue weighted by atomic mass is 10.2. The summed E-state index contributed by atoms with van der Waals surface area (Å²) < 4.78 is 11.9. The molecule has 0 aromatic heterocycles. The van der Waals surface area contributed by atoms with Gasteiger partial charge in [-0.05, 0) is 30.3 Å². The van der Waals surface area contributed by atoms with Gasteiger partial charge in [-0.3, -0.25) is 4.79 Å². The molecule has 0 radical (unpaired) electrons. The number of rotatable bonds is 2. The van der Waals surface area contributed by atoms with Gasteiger partial charge in [-0.2, -0.15) is 0 Å². The Labute approximate surface area is 131 Å². The Morgan fingerprint density at radius 3 is 2.62 bits per heavy atom. The molecule has 0 N–H and O–H groups in total. The van der Waals surface area contributed by atoms with Gasteiger partial charge < -0.3 is 14.4 Å². The van der Waals surface area contributed by atoms with Crippen molar-refractivity contribution in [1.29, 1.82) is 0 Å². The van der Waals surface area contributed by atoms with Gasteiger partial charge in [-0.15, -0.1) is 0 Å². The summed E-state index contributed by atoms with van der Waals surface area (Å²) in [7, 11) is 1.74. The van der Waals surface area contributed by atoms with Crippen molar-refractivity contribution in [1.82, 2.24) is 0 Å². The Hall–Kier alpha value is -2.01. The minimum Gasteiger partial charge on any atom is -0.486 e. The van der Waals surface area contributed by atoms with Crippen molar-refractivity contribution in [3.63, 3.8) is 0 Å². The molecule has 3 rings (SSSR count). The van der Waals surface area contributed by atoms with Crippen LogP contribution >= 0.6 is 15.9 Å². The maximum absolute atomic E-state index is 12.5. The molecule has 0 bridgehead atoms. The molecule has 2 aromatic carbocycles. The van der Waals surface area contributed by atoms with E-state index < -0.39 is 0 Å². The molecular formula is C16H14BrNO3. The van der Waals surface area contributed by atoms with E-state index in [2.05, 4.69) is 15.9 Å². The highest BCUT2D eigenvalue weighted by Gasteiger charge is 2.17. The predicted octanol–water partition coefficient (Wildman–Crippen LogP) is 3.50. The van der Waals surface area contributed by atoms with Gasteiger partial charge in [0.1, 0.15) is 13.2 Å². The highest BCUT2D eigenvalue weighted by atomic mass is 79.9. The van der Waals surface area contributed by atoms with Crippen LogP contribution in [0.15, 0.2) is 46.9 Å². The zero-order chi connectivity index (χ0) is 14.8. The summed E-state index contributed by atoms with van der Waals surface area (Å²) in [4.78, 5) is 14.1. The van der Waals surface area contributed by atoms with Gasteiger partial charge in [0, 0.05) is 28.8 Å². The number of carbonyl (C=O) groups excluding carboxylic acids is 1. The normalized spacial score (nSPS) is 12.9. The molecule has 4 nitrogen and oxygen atoms in total. The van der Waals surface area contributed by atoms with Crippen LogP contribution < -0.4 is 14.4 Å². The van der Waals surface area contributed by atoms with Crippen LogP contribution in [-0.2, 0) is 0 Å². The quantitative estimate of drug-likeness (QED) is 0.834. The third-order valence-corrected chi connectivity index (χ3v) is 3.78. The van der Waals surface area contributed by atoms with Crippen LogP contribution in [0.25, 0.3) is 0 Å². The molecule has 5 heteroatoms. The monoisotopic (exact) mass is 347 g/mol. The van der Waals surface area contributed by atoms with Gasteiger partial charge in [-0.1, -0.05) is 22.0 Å². The molecule has 2 aromatic rings. The Morgan fingerprint density at radius 1 is 1.10 bits per heavy atom. The lowest BCUT2D eigenvalue weighted by Crippen LogP contribution is -2.26. The molecule has 0 spiro atoms. The average Bonchev–Trinajstić information content (AvgIpc) is 2.53. The summed E-state index contributed by atoms with van der Waals surface area (Å²) in [5.41, 5.74) is 1.39. The Balaban J connectivity index is 1.87. The lowest BCUT2D eigenvalue weighted by Gasteiger charge is -2.22. The van der Waals surface area contributed by atoms with Crippen molar-refractivity contribution in [2.45, 2.75) is 0 Å².